The number of rotatable bonds is 6. The van der Waals surface area contributed by atoms with E-state index in [4.69, 9.17) is 5.73 Å². The van der Waals surface area contributed by atoms with Gasteiger partial charge in [-0.2, -0.15) is 4.31 Å². The van der Waals surface area contributed by atoms with Crippen molar-refractivity contribution >= 4 is 28.3 Å². The van der Waals surface area contributed by atoms with Crippen molar-refractivity contribution in [1.82, 2.24) is 9.62 Å². The highest BCUT2D eigenvalue weighted by Gasteiger charge is 2.30. The van der Waals surface area contributed by atoms with Gasteiger partial charge in [0.2, 0.25) is 15.9 Å². The molecular formula is C20H26ClN3O3S. The number of hydrogen-bond acceptors (Lipinski definition) is 4. The summed E-state index contributed by atoms with van der Waals surface area (Å²) in [7, 11) is -3.42. The molecule has 1 amide bonds. The van der Waals surface area contributed by atoms with Gasteiger partial charge >= 0.3 is 0 Å². The van der Waals surface area contributed by atoms with E-state index in [9.17, 15) is 13.2 Å². The molecular weight excluding hydrogens is 398 g/mol. The van der Waals surface area contributed by atoms with Crippen LogP contribution in [0, 0.1) is 0 Å². The minimum absolute atomic E-state index is 0. The Morgan fingerprint density at radius 1 is 1.07 bits per heavy atom. The lowest BCUT2D eigenvalue weighted by Gasteiger charge is -2.24. The van der Waals surface area contributed by atoms with Crippen LogP contribution in [-0.4, -0.2) is 31.7 Å². The van der Waals surface area contributed by atoms with E-state index in [0.29, 0.717) is 13.1 Å². The van der Waals surface area contributed by atoms with Crippen LogP contribution in [0.4, 0.5) is 0 Å². The minimum atomic E-state index is -3.42. The van der Waals surface area contributed by atoms with E-state index in [1.807, 2.05) is 30.3 Å². The highest BCUT2D eigenvalue weighted by atomic mass is 35.5. The van der Waals surface area contributed by atoms with E-state index >= 15 is 0 Å². The molecule has 0 saturated carbocycles. The first-order valence-corrected chi connectivity index (χ1v) is 10.5. The molecule has 1 unspecified atom stereocenters. The number of halogens is 1. The second-order valence-electron chi connectivity index (χ2n) is 7.01. The number of benzene rings is 2. The average molecular weight is 424 g/mol. The van der Waals surface area contributed by atoms with Gasteiger partial charge in [-0.1, -0.05) is 42.5 Å². The lowest BCUT2D eigenvalue weighted by atomic mass is 9.92. The van der Waals surface area contributed by atoms with Crippen molar-refractivity contribution in [2.45, 2.75) is 36.7 Å². The summed E-state index contributed by atoms with van der Waals surface area (Å²) in [6.07, 6.45) is 1.81. The molecule has 2 aromatic rings. The first-order valence-electron chi connectivity index (χ1n) is 9.03. The van der Waals surface area contributed by atoms with Crippen molar-refractivity contribution in [2.75, 3.05) is 13.1 Å². The summed E-state index contributed by atoms with van der Waals surface area (Å²) in [6, 6.07) is 15.8. The van der Waals surface area contributed by atoms with Gasteiger partial charge in [-0.15, -0.1) is 12.4 Å². The monoisotopic (exact) mass is 423 g/mol. The number of hydrogen-bond donors (Lipinski definition) is 2. The van der Waals surface area contributed by atoms with Gasteiger partial charge in [-0.05, 0) is 43.0 Å². The number of amides is 1. The van der Waals surface area contributed by atoms with Gasteiger partial charge in [-0.25, -0.2) is 8.42 Å². The average Bonchev–Trinajstić information content (AvgIpc) is 3.23. The lowest BCUT2D eigenvalue weighted by molar-refractivity contribution is -0.126. The Morgan fingerprint density at radius 3 is 2.21 bits per heavy atom. The Hall–Kier alpha value is -1.93. The second-order valence-corrected chi connectivity index (χ2v) is 8.94. The van der Waals surface area contributed by atoms with Crippen LogP contribution in [0.1, 0.15) is 30.9 Å². The van der Waals surface area contributed by atoms with Crippen LogP contribution in [0.5, 0.6) is 0 Å². The Bertz CT molecular complexity index is 894. The normalized spacial score (nSPS) is 16.8. The standard InChI is InChI=1S/C20H25N3O3S.ClH/c1-20(21,17-7-3-2-4-8-17)19(24)22-15-16-9-11-18(12-10-16)27(25,26)23-13-5-6-14-23;/h2-4,7-12H,5-6,13-15,21H2,1H3,(H,22,24);1H. The van der Waals surface area contributed by atoms with Gasteiger partial charge in [0.05, 0.1) is 4.90 Å². The van der Waals surface area contributed by atoms with Crippen LogP contribution in [0.2, 0.25) is 0 Å². The quantitative estimate of drug-likeness (QED) is 0.746. The van der Waals surface area contributed by atoms with Crippen molar-refractivity contribution < 1.29 is 13.2 Å². The fraction of sp³-hybridized carbons (Fsp3) is 0.350. The largest absolute Gasteiger partial charge is 0.350 e. The highest BCUT2D eigenvalue weighted by molar-refractivity contribution is 7.89. The van der Waals surface area contributed by atoms with Gasteiger partial charge in [-0.3, -0.25) is 4.79 Å². The Labute approximate surface area is 172 Å². The molecule has 3 N–H and O–H groups in total. The smallest absolute Gasteiger partial charge is 0.244 e. The van der Waals surface area contributed by atoms with Crippen LogP contribution in [0.15, 0.2) is 59.5 Å². The molecule has 28 heavy (non-hydrogen) atoms. The molecule has 2 aromatic carbocycles. The predicted octanol–water partition coefficient (Wildman–Crippen LogP) is 2.38. The molecule has 0 bridgehead atoms. The van der Waals surface area contributed by atoms with Crippen LogP contribution in [0.25, 0.3) is 0 Å². The number of sulfonamides is 1. The summed E-state index contributed by atoms with van der Waals surface area (Å²) in [4.78, 5) is 12.8. The van der Waals surface area contributed by atoms with E-state index in [1.165, 1.54) is 4.31 Å². The summed E-state index contributed by atoms with van der Waals surface area (Å²) < 4.78 is 26.6. The van der Waals surface area contributed by atoms with Gasteiger partial charge in [0.1, 0.15) is 5.54 Å². The fourth-order valence-electron chi connectivity index (χ4n) is 3.14. The zero-order valence-corrected chi connectivity index (χ0v) is 17.4. The van der Waals surface area contributed by atoms with Gasteiger partial charge in [0.25, 0.3) is 0 Å². The first kappa shape index (κ1) is 22.4. The molecule has 8 heteroatoms. The zero-order chi connectivity index (χ0) is 19.5. The third kappa shape index (κ3) is 4.72. The third-order valence-electron chi connectivity index (χ3n) is 4.92. The molecule has 0 aliphatic carbocycles. The molecule has 1 aliphatic rings. The molecule has 6 nitrogen and oxygen atoms in total. The van der Waals surface area contributed by atoms with E-state index < -0.39 is 15.6 Å². The first-order chi connectivity index (χ1) is 12.8. The lowest BCUT2D eigenvalue weighted by Crippen LogP contribution is -2.48. The Balaban J connectivity index is 0.00000280. The van der Waals surface area contributed by atoms with E-state index in [-0.39, 0.29) is 29.8 Å². The SMILES string of the molecule is CC(N)(C(=O)NCc1ccc(S(=O)(=O)N2CCCC2)cc1)c1ccccc1.Cl. The van der Waals surface area contributed by atoms with Crippen molar-refractivity contribution in [3.63, 3.8) is 0 Å². The third-order valence-corrected chi connectivity index (χ3v) is 6.84. The maximum absolute atomic E-state index is 12.5. The number of nitrogens with one attached hydrogen (secondary N) is 1. The molecule has 1 heterocycles. The van der Waals surface area contributed by atoms with Crippen molar-refractivity contribution in [3.8, 4) is 0 Å². The summed E-state index contributed by atoms with van der Waals surface area (Å²) in [5.74, 6) is -0.289. The number of carbonyl (C=O) groups is 1. The Morgan fingerprint density at radius 2 is 1.64 bits per heavy atom. The maximum Gasteiger partial charge on any atom is 0.244 e. The minimum Gasteiger partial charge on any atom is -0.350 e. The van der Waals surface area contributed by atoms with Gasteiger partial charge in [0, 0.05) is 19.6 Å². The van der Waals surface area contributed by atoms with Crippen molar-refractivity contribution in [2.24, 2.45) is 5.73 Å². The molecule has 152 valence electrons. The molecule has 0 aromatic heterocycles. The summed E-state index contributed by atoms with van der Waals surface area (Å²) in [5, 5.41) is 2.83. The van der Waals surface area contributed by atoms with E-state index in [1.54, 1.807) is 31.2 Å². The van der Waals surface area contributed by atoms with Gasteiger partial charge in [0.15, 0.2) is 0 Å². The zero-order valence-electron chi connectivity index (χ0n) is 15.8. The molecule has 3 rings (SSSR count). The van der Waals surface area contributed by atoms with Crippen molar-refractivity contribution in [1.29, 1.82) is 0 Å². The maximum atomic E-state index is 12.5. The molecule has 1 saturated heterocycles. The molecule has 1 atom stereocenters. The summed E-state index contributed by atoms with van der Waals surface area (Å²) in [5.41, 5.74) is 6.60. The summed E-state index contributed by atoms with van der Waals surface area (Å²) >= 11 is 0. The van der Waals surface area contributed by atoms with Crippen LogP contribution in [0.3, 0.4) is 0 Å². The topological polar surface area (TPSA) is 92.5 Å². The molecule has 0 radical (unpaired) electrons. The molecule has 1 fully saturated rings. The van der Waals surface area contributed by atoms with Crippen LogP contribution < -0.4 is 11.1 Å². The second kappa shape index (κ2) is 9.05. The highest BCUT2D eigenvalue weighted by Crippen LogP contribution is 2.21. The van der Waals surface area contributed by atoms with Crippen molar-refractivity contribution in [3.05, 3.63) is 65.7 Å². The molecule has 1 aliphatic heterocycles. The number of carbonyl (C=O) groups excluding carboxylic acids is 1. The number of nitrogens with two attached hydrogens (primary N) is 1. The van der Waals surface area contributed by atoms with E-state index in [0.717, 1.165) is 24.0 Å². The van der Waals surface area contributed by atoms with Crippen LogP contribution >= 0.6 is 12.4 Å². The van der Waals surface area contributed by atoms with Gasteiger partial charge < -0.3 is 11.1 Å². The Kier molecular flexibility index (Phi) is 7.22. The fourth-order valence-corrected chi connectivity index (χ4v) is 4.66. The van der Waals surface area contributed by atoms with Crippen LogP contribution in [-0.2, 0) is 26.9 Å². The number of nitrogens with zero attached hydrogens (tertiary/aromatic N) is 1. The molecule has 0 spiro atoms. The summed E-state index contributed by atoms with van der Waals surface area (Å²) in [6.45, 7) is 3.11. The predicted molar refractivity (Wildman–Crippen MR) is 112 cm³/mol. The van der Waals surface area contributed by atoms with E-state index in [2.05, 4.69) is 5.32 Å².